The van der Waals surface area contributed by atoms with Gasteiger partial charge >= 0.3 is 18.0 Å². The van der Waals surface area contributed by atoms with Crippen LogP contribution in [-0.2, 0) is 19.3 Å². The summed E-state index contributed by atoms with van der Waals surface area (Å²) in [6, 6.07) is -1.15. The number of carbonyl (C=O) groups excluding carboxylic acids is 3. The average molecular weight is 215 g/mol. The third-order valence-electron chi connectivity index (χ3n) is 0.961. The minimum atomic E-state index is -1.15. The molecule has 15 heavy (non-hydrogen) atoms. The van der Waals surface area contributed by atoms with Crippen molar-refractivity contribution in [1.29, 1.82) is 0 Å². The highest BCUT2D eigenvalue weighted by atomic mass is 16.8. The normalized spacial score (nSPS) is 8.33. The summed E-state index contributed by atoms with van der Waals surface area (Å²) in [6.45, 7) is 6.15. The SMILES string of the molecule is C=CC(=O)ONC(=O)N(N)OC(=O)C=C. The Labute approximate surface area is 84.8 Å². The third-order valence-corrected chi connectivity index (χ3v) is 0.961. The quantitative estimate of drug-likeness (QED) is 0.269. The van der Waals surface area contributed by atoms with Gasteiger partial charge < -0.3 is 9.68 Å². The van der Waals surface area contributed by atoms with E-state index in [2.05, 4.69) is 22.8 Å². The molecular weight excluding hydrogens is 206 g/mol. The van der Waals surface area contributed by atoms with Crippen LogP contribution in [0.5, 0.6) is 0 Å². The fourth-order valence-electron chi connectivity index (χ4n) is 0.356. The molecule has 0 aromatic carbocycles. The molecule has 0 saturated carbocycles. The van der Waals surface area contributed by atoms with Crippen molar-refractivity contribution in [2.45, 2.75) is 0 Å². The van der Waals surface area contributed by atoms with E-state index in [0.717, 1.165) is 12.2 Å². The Morgan fingerprint density at radius 2 is 1.73 bits per heavy atom. The molecule has 0 unspecified atom stereocenters. The van der Waals surface area contributed by atoms with Gasteiger partial charge in [-0.25, -0.2) is 20.2 Å². The van der Waals surface area contributed by atoms with Gasteiger partial charge in [0.15, 0.2) is 0 Å². The number of urea groups is 1. The minimum Gasteiger partial charge on any atom is -0.334 e. The van der Waals surface area contributed by atoms with E-state index in [-0.39, 0.29) is 5.17 Å². The molecule has 0 aliphatic carbocycles. The van der Waals surface area contributed by atoms with Crippen LogP contribution >= 0.6 is 0 Å². The number of hydrogen-bond acceptors (Lipinski definition) is 6. The Morgan fingerprint density at radius 3 is 2.20 bits per heavy atom. The number of hydrazine groups is 1. The van der Waals surface area contributed by atoms with Gasteiger partial charge in [-0.2, -0.15) is 5.48 Å². The van der Waals surface area contributed by atoms with Crippen molar-refractivity contribution >= 4 is 18.0 Å². The molecular formula is C7H9N3O5. The van der Waals surface area contributed by atoms with Crippen LogP contribution in [0, 0.1) is 0 Å². The first-order valence-electron chi connectivity index (χ1n) is 3.53. The summed E-state index contributed by atoms with van der Waals surface area (Å²) in [7, 11) is 0. The standard InChI is InChI=1S/C7H9N3O5/c1-3-5(11)14-9-7(13)10(8)15-6(12)4-2/h3-4H,1-2,8H2,(H,9,13). The van der Waals surface area contributed by atoms with E-state index in [9.17, 15) is 14.4 Å². The number of rotatable bonds is 2. The highest BCUT2D eigenvalue weighted by Crippen LogP contribution is 1.86. The van der Waals surface area contributed by atoms with Crippen LogP contribution in [0.15, 0.2) is 25.3 Å². The topological polar surface area (TPSA) is 111 Å². The molecule has 0 fully saturated rings. The molecule has 0 atom stereocenters. The van der Waals surface area contributed by atoms with Crippen molar-refractivity contribution in [2.75, 3.05) is 0 Å². The molecule has 2 amide bonds. The van der Waals surface area contributed by atoms with Gasteiger partial charge in [-0.1, -0.05) is 18.3 Å². The minimum absolute atomic E-state index is 0.0420. The zero-order valence-electron chi connectivity index (χ0n) is 7.63. The zero-order valence-corrected chi connectivity index (χ0v) is 7.63. The van der Waals surface area contributed by atoms with Gasteiger partial charge in [0.2, 0.25) is 0 Å². The lowest BCUT2D eigenvalue weighted by atomic mass is 10.7. The molecule has 0 rings (SSSR count). The summed E-state index contributed by atoms with van der Waals surface area (Å²) >= 11 is 0. The molecule has 8 heteroatoms. The van der Waals surface area contributed by atoms with Gasteiger partial charge in [-0.05, 0) is 0 Å². The van der Waals surface area contributed by atoms with Crippen molar-refractivity contribution in [3.05, 3.63) is 25.3 Å². The number of nitrogens with zero attached hydrogens (tertiary/aromatic N) is 1. The van der Waals surface area contributed by atoms with Gasteiger partial charge in [0.05, 0.1) is 0 Å². The Bertz CT molecular complexity index is 301. The summed E-state index contributed by atoms with van der Waals surface area (Å²) in [5, 5.41) is 0.0420. The molecule has 0 heterocycles. The van der Waals surface area contributed by atoms with Gasteiger partial charge in [0.1, 0.15) is 0 Å². The number of amides is 2. The van der Waals surface area contributed by atoms with Gasteiger partial charge in [-0.15, -0.1) is 0 Å². The maximum absolute atomic E-state index is 10.9. The number of hydrogen-bond donors (Lipinski definition) is 2. The molecule has 82 valence electrons. The molecule has 0 aromatic rings. The van der Waals surface area contributed by atoms with Gasteiger partial charge in [0, 0.05) is 12.2 Å². The monoisotopic (exact) mass is 215 g/mol. The molecule has 0 spiro atoms. The Morgan fingerprint density at radius 1 is 1.20 bits per heavy atom. The average Bonchev–Trinajstić information content (AvgIpc) is 2.24. The lowest BCUT2D eigenvalue weighted by Crippen LogP contribution is -2.45. The van der Waals surface area contributed by atoms with Crippen LogP contribution in [0.1, 0.15) is 0 Å². The van der Waals surface area contributed by atoms with E-state index < -0.39 is 18.0 Å². The second-order valence-electron chi connectivity index (χ2n) is 1.97. The van der Waals surface area contributed by atoms with Gasteiger partial charge in [-0.3, -0.25) is 0 Å². The number of nitrogens with one attached hydrogen (secondary N) is 1. The summed E-state index contributed by atoms with van der Waals surface area (Å²) in [5.41, 5.74) is 1.59. The largest absolute Gasteiger partial charge is 0.399 e. The molecule has 0 aliphatic rings. The predicted octanol–water partition coefficient (Wildman–Crippen LogP) is -0.840. The van der Waals surface area contributed by atoms with E-state index in [4.69, 9.17) is 5.84 Å². The van der Waals surface area contributed by atoms with Crippen LogP contribution in [0.2, 0.25) is 0 Å². The van der Waals surface area contributed by atoms with Gasteiger partial charge in [0.25, 0.3) is 0 Å². The second kappa shape index (κ2) is 6.16. The van der Waals surface area contributed by atoms with E-state index in [1.807, 2.05) is 0 Å². The van der Waals surface area contributed by atoms with Crippen molar-refractivity contribution in [3.63, 3.8) is 0 Å². The Balaban J connectivity index is 3.99. The summed E-state index contributed by atoms with van der Waals surface area (Å²) in [4.78, 5) is 40.2. The first-order valence-corrected chi connectivity index (χ1v) is 3.53. The molecule has 3 N–H and O–H groups in total. The molecule has 0 bridgehead atoms. The van der Waals surface area contributed by atoms with Crippen molar-refractivity contribution in [3.8, 4) is 0 Å². The first kappa shape index (κ1) is 12.7. The first-order chi connectivity index (χ1) is 7.01. The van der Waals surface area contributed by atoms with Crippen molar-refractivity contribution in [2.24, 2.45) is 5.84 Å². The smallest absolute Gasteiger partial charge is 0.334 e. The Hall–Kier alpha value is -2.35. The molecule has 0 saturated heterocycles. The van der Waals surface area contributed by atoms with E-state index in [1.54, 1.807) is 5.48 Å². The summed E-state index contributed by atoms with van der Waals surface area (Å²) < 4.78 is 0. The molecule has 8 nitrogen and oxygen atoms in total. The summed E-state index contributed by atoms with van der Waals surface area (Å²) in [5.74, 6) is 3.10. The second-order valence-corrected chi connectivity index (χ2v) is 1.97. The van der Waals surface area contributed by atoms with Crippen LogP contribution in [0.4, 0.5) is 4.79 Å². The maximum Gasteiger partial charge on any atom is 0.399 e. The lowest BCUT2D eigenvalue weighted by molar-refractivity contribution is -0.173. The fraction of sp³-hybridized carbons (Fsp3) is 0. The van der Waals surface area contributed by atoms with Crippen LogP contribution < -0.4 is 11.3 Å². The predicted molar refractivity (Wildman–Crippen MR) is 47.1 cm³/mol. The molecule has 0 radical (unpaired) electrons. The molecule has 0 aliphatic heterocycles. The fourth-order valence-corrected chi connectivity index (χ4v) is 0.356. The summed E-state index contributed by atoms with van der Waals surface area (Å²) in [6.07, 6.45) is 1.61. The number of hydroxylamine groups is 2. The lowest BCUT2D eigenvalue weighted by Gasteiger charge is -2.13. The van der Waals surface area contributed by atoms with E-state index in [0.29, 0.717) is 0 Å². The van der Waals surface area contributed by atoms with Crippen molar-refractivity contribution < 1.29 is 24.1 Å². The molecule has 0 aromatic heterocycles. The zero-order chi connectivity index (χ0) is 11.8. The highest BCUT2D eigenvalue weighted by Gasteiger charge is 2.14. The van der Waals surface area contributed by atoms with Crippen LogP contribution in [0.3, 0.4) is 0 Å². The van der Waals surface area contributed by atoms with E-state index in [1.165, 1.54) is 0 Å². The number of nitrogens with two attached hydrogens (primary N) is 1. The number of carbonyl (C=O) groups is 3. The Kier molecular flexibility index (Phi) is 5.19. The highest BCUT2D eigenvalue weighted by molar-refractivity contribution is 5.84. The van der Waals surface area contributed by atoms with Crippen LogP contribution in [0.25, 0.3) is 0 Å². The van der Waals surface area contributed by atoms with Crippen LogP contribution in [-0.4, -0.2) is 23.1 Å². The van der Waals surface area contributed by atoms with Crippen molar-refractivity contribution in [1.82, 2.24) is 10.7 Å². The van der Waals surface area contributed by atoms with E-state index >= 15 is 0 Å². The maximum atomic E-state index is 10.9. The third kappa shape index (κ3) is 5.05.